The number of aryl methyl sites for hydroxylation is 1. The van der Waals surface area contributed by atoms with Crippen molar-refractivity contribution in [1.29, 1.82) is 0 Å². The van der Waals surface area contributed by atoms with Crippen molar-refractivity contribution in [3.63, 3.8) is 0 Å². The Balaban J connectivity index is 1.36. The molecule has 1 amide bonds. The molecule has 7 nitrogen and oxygen atoms in total. The normalized spacial score (nSPS) is 15.0. The zero-order valence-corrected chi connectivity index (χ0v) is 16.9. The first kappa shape index (κ1) is 19.2. The number of benzene rings is 1. The smallest absolute Gasteiger partial charge is 0.330 e. The van der Waals surface area contributed by atoms with Crippen LogP contribution in [0.1, 0.15) is 18.4 Å². The van der Waals surface area contributed by atoms with Crippen LogP contribution >= 0.6 is 0 Å². The van der Waals surface area contributed by atoms with Crippen LogP contribution in [-0.2, 0) is 24.8 Å². The number of methoxy groups -OCH3 is 1. The summed E-state index contributed by atoms with van der Waals surface area (Å²) in [5.41, 5.74) is 2.55. The molecule has 1 fully saturated rings. The number of likely N-dealkylation sites (tertiary alicyclic amines) is 1. The second-order valence-electron chi connectivity index (χ2n) is 7.65. The molecule has 0 atom stereocenters. The monoisotopic (exact) mass is 394 g/mol. The number of hydrogen-bond donors (Lipinski definition) is 0. The minimum atomic E-state index is -0.0308. The molecule has 1 aliphatic heterocycles. The number of rotatable bonds is 5. The number of amides is 1. The van der Waals surface area contributed by atoms with Gasteiger partial charge in [0.1, 0.15) is 5.75 Å². The number of piperidine rings is 1. The van der Waals surface area contributed by atoms with Crippen LogP contribution in [0.5, 0.6) is 5.75 Å². The third-order valence-corrected chi connectivity index (χ3v) is 5.82. The van der Waals surface area contributed by atoms with Crippen molar-refractivity contribution in [3.05, 3.63) is 58.6 Å². The number of imidazole rings is 1. The van der Waals surface area contributed by atoms with Gasteiger partial charge in [-0.2, -0.15) is 0 Å². The van der Waals surface area contributed by atoms with Crippen LogP contribution in [-0.4, -0.2) is 45.1 Å². The lowest BCUT2D eigenvalue weighted by molar-refractivity contribution is -0.131. The number of aromatic nitrogens is 3. The number of ether oxygens (including phenoxy) is 1. The van der Waals surface area contributed by atoms with Gasteiger partial charge < -0.3 is 9.64 Å². The highest BCUT2D eigenvalue weighted by Gasteiger charge is 2.24. The molecule has 0 unspecified atom stereocenters. The van der Waals surface area contributed by atoms with Gasteiger partial charge in [-0.3, -0.25) is 13.9 Å². The number of pyridine rings is 1. The summed E-state index contributed by atoms with van der Waals surface area (Å²) in [5, 5.41) is 0. The number of carbonyl (C=O) groups excluding carboxylic acids is 1. The first-order valence-corrected chi connectivity index (χ1v) is 9.97. The maximum absolute atomic E-state index is 12.6. The van der Waals surface area contributed by atoms with E-state index < -0.39 is 0 Å². The van der Waals surface area contributed by atoms with E-state index in [2.05, 4.69) is 4.98 Å². The van der Waals surface area contributed by atoms with Crippen molar-refractivity contribution in [2.45, 2.75) is 25.8 Å². The summed E-state index contributed by atoms with van der Waals surface area (Å²) in [6, 6.07) is 11.4. The van der Waals surface area contributed by atoms with Crippen LogP contribution in [0.2, 0.25) is 0 Å². The molecule has 2 aromatic heterocycles. The number of carbonyl (C=O) groups is 1. The molecule has 1 aromatic carbocycles. The van der Waals surface area contributed by atoms with E-state index >= 15 is 0 Å². The first-order valence-electron chi connectivity index (χ1n) is 9.97. The zero-order chi connectivity index (χ0) is 20.4. The number of nitrogens with zero attached hydrogens (tertiary/aromatic N) is 4. The second-order valence-corrected chi connectivity index (χ2v) is 7.65. The van der Waals surface area contributed by atoms with E-state index in [1.165, 1.54) is 0 Å². The summed E-state index contributed by atoms with van der Waals surface area (Å²) in [6.07, 6.45) is 3.91. The van der Waals surface area contributed by atoms with Crippen molar-refractivity contribution >= 4 is 17.1 Å². The lowest BCUT2D eigenvalue weighted by Crippen LogP contribution is -2.40. The van der Waals surface area contributed by atoms with Gasteiger partial charge in [-0.25, -0.2) is 9.78 Å². The van der Waals surface area contributed by atoms with Crippen LogP contribution in [0, 0.1) is 5.92 Å². The van der Waals surface area contributed by atoms with Gasteiger partial charge in [-0.1, -0.05) is 12.1 Å². The fourth-order valence-corrected chi connectivity index (χ4v) is 4.05. The maximum Gasteiger partial charge on any atom is 0.330 e. The Morgan fingerprint density at radius 1 is 1.17 bits per heavy atom. The van der Waals surface area contributed by atoms with Gasteiger partial charge in [0.15, 0.2) is 5.65 Å². The summed E-state index contributed by atoms with van der Waals surface area (Å²) < 4.78 is 8.58. The van der Waals surface area contributed by atoms with E-state index in [0.29, 0.717) is 18.9 Å². The molecule has 0 aliphatic carbocycles. The first-order chi connectivity index (χ1) is 14.1. The zero-order valence-electron chi connectivity index (χ0n) is 16.9. The van der Waals surface area contributed by atoms with E-state index in [1.54, 1.807) is 29.5 Å². The SMILES string of the molecule is COc1ccc(CC(=O)N2CCC(Cn3c(=O)n(C)c4cccnc43)CC2)cc1. The average molecular weight is 394 g/mol. The van der Waals surface area contributed by atoms with Crippen LogP contribution in [0.3, 0.4) is 0 Å². The molecule has 3 aromatic rings. The highest BCUT2D eigenvalue weighted by Crippen LogP contribution is 2.21. The molecule has 7 heteroatoms. The van der Waals surface area contributed by atoms with Crippen LogP contribution in [0.25, 0.3) is 11.2 Å². The van der Waals surface area contributed by atoms with Crippen molar-refractivity contribution < 1.29 is 9.53 Å². The Hall–Kier alpha value is -3.09. The summed E-state index contributed by atoms with van der Waals surface area (Å²) in [5.74, 6) is 1.31. The molecule has 0 N–H and O–H groups in total. The van der Waals surface area contributed by atoms with Gasteiger partial charge in [0, 0.05) is 32.9 Å². The van der Waals surface area contributed by atoms with Crippen molar-refractivity contribution in [1.82, 2.24) is 19.0 Å². The topological polar surface area (TPSA) is 69.4 Å². The van der Waals surface area contributed by atoms with Gasteiger partial charge in [-0.05, 0) is 48.6 Å². The lowest BCUT2D eigenvalue weighted by atomic mass is 9.96. The highest BCUT2D eigenvalue weighted by molar-refractivity contribution is 5.79. The average Bonchev–Trinajstić information content (AvgIpc) is 3.00. The third-order valence-electron chi connectivity index (χ3n) is 5.82. The van der Waals surface area contributed by atoms with E-state index in [-0.39, 0.29) is 11.6 Å². The summed E-state index contributed by atoms with van der Waals surface area (Å²) in [4.78, 5) is 31.6. The molecule has 0 spiro atoms. The van der Waals surface area contributed by atoms with E-state index in [1.807, 2.05) is 41.3 Å². The Morgan fingerprint density at radius 3 is 2.59 bits per heavy atom. The van der Waals surface area contributed by atoms with Gasteiger partial charge in [-0.15, -0.1) is 0 Å². The Bertz CT molecular complexity index is 1060. The molecule has 4 rings (SSSR count). The highest BCUT2D eigenvalue weighted by atomic mass is 16.5. The Labute approximate surface area is 169 Å². The molecule has 0 bridgehead atoms. The van der Waals surface area contributed by atoms with Crippen molar-refractivity contribution in [2.24, 2.45) is 13.0 Å². The quantitative estimate of drug-likeness (QED) is 0.665. The Kier molecular flexibility index (Phi) is 5.38. The van der Waals surface area contributed by atoms with Gasteiger partial charge >= 0.3 is 5.69 Å². The van der Waals surface area contributed by atoms with Gasteiger partial charge in [0.05, 0.1) is 19.0 Å². The lowest BCUT2D eigenvalue weighted by Gasteiger charge is -2.32. The third kappa shape index (κ3) is 3.90. The van der Waals surface area contributed by atoms with Crippen LogP contribution in [0.15, 0.2) is 47.4 Å². The minimum Gasteiger partial charge on any atom is -0.497 e. The minimum absolute atomic E-state index is 0.0308. The molecule has 0 saturated carbocycles. The molecule has 0 radical (unpaired) electrons. The summed E-state index contributed by atoms with van der Waals surface area (Å²) in [6.45, 7) is 2.10. The van der Waals surface area contributed by atoms with Gasteiger partial charge in [0.25, 0.3) is 0 Å². The second kappa shape index (κ2) is 8.11. The van der Waals surface area contributed by atoms with Crippen LogP contribution in [0.4, 0.5) is 0 Å². The fraction of sp³-hybridized carbons (Fsp3) is 0.409. The van der Waals surface area contributed by atoms with Crippen LogP contribution < -0.4 is 10.4 Å². The largest absolute Gasteiger partial charge is 0.497 e. The van der Waals surface area contributed by atoms with Gasteiger partial charge in [0.2, 0.25) is 5.91 Å². The number of hydrogen-bond acceptors (Lipinski definition) is 4. The summed E-state index contributed by atoms with van der Waals surface area (Å²) in [7, 11) is 3.41. The molecule has 29 heavy (non-hydrogen) atoms. The molecule has 1 saturated heterocycles. The molecule has 1 aliphatic rings. The predicted molar refractivity (Wildman–Crippen MR) is 111 cm³/mol. The predicted octanol–water partition coefficient (Wildman–Crippen LogP) is 2.22. The number of fused-ring (bicyclic) bond motifs is 1. The van der Waals surface area contributed by atoms with E-state index in [4.69, 9.17) is 4.74 Å². The van der Waals surface area contributed by atoms with Crippen molar-refractivity contribution in [3.8, 4) is 5.75 Å². The summed E-state index contributed by atoms with van der Waals surface area (Å²) >= 11 is 0. The molecular formula is C22H26N4O3. The molecule has 3 heterocycles. The maximum atomic E-state index is 12.6. The molecular weight excluding hydrogens is 368 g/mol. The Morgan fingerprint density at radius 2 is 1.90 bits per heavy atom. The van der Waals surface area contributed by atoms with Crippen molar-refractivity contribution in [2.75, 3.05) is 20.2 Å². The fourth-order valence-electron chi connectivity index (χ4n) is 4.05. The van der Waals surface area contributed by atoms with E-state index in [0.717, 1.165) is 48.4 Å². The van der Waals surface area contributed by atoms with E-state index in [9.17, 15) is 9.59 Å². The standard InChI is InChI=1S/C22H26N4O3/c1-24-19-4-3-11-23-21(19)26(22(24)28)15-17-9-12-25(13-10-17)20(27)14-16-5-7-18(29-2)8-6-16/h3-8,11,17H,9-10,12-15H2,1-2H3. The molecule has 152 valence electrons.